The summed E-state index contributed by atoms with van der Waals surface area (Å²) in [7, 11) is -8.31. The second-order valence-electron chi connectivity index (χ2n) is 11.0. The van der Waals surface area contributed by atoms with E-state index in [0.717, 1.165) is 5.56 Å². The summed E-state index contributed by atoms with van der Waals surface area (Å²) in [6, 6.07) is 7.28. The standard InChI is InChI=1S/C21H40O2SSi4/c1-12-13-21(24(22,23)20-16-14-19(2)15-17-20)18-28(25(3,4)5,26(6,7)8)27(9,10)11/h12,14-18H,1,13H2,2-11H3/b21-18-. The quantitative estimate of drug-likeness (QED) is 0.324. The molecular formula is C21H40O2SSi4. The van der Waals surface area contributed by atoms with Gasteiger partial charge in [0.15, 0.2) is 0 Å². The second-order valence-corrected chi connectivity index (χ2v) is 53.5. The summed E-state index contributed by atoms with van der Waals surface area (Å²) < 4.78 is 27.3. The Morgan fingerprint density at radius 2 is 1.25 bits per heavy atom. The molecule has 28 heavy (non-hydrogen) atoms. The van der Waals surface area contributed by atoms with Gasteiger partial charge in [-0.1, -0.05) is 88.4 Å². The molecule has 158 valence electrons. The second kappa shape index (κ2) is 8.33. The minimum atomic E-state index is -3.50. The smallest absolute Gasteiger partial charge is 0.202 e. The van der Waals surface area contributed by atoms with E-state index in [1.54, 1.807) is 18.2 Å². The molecule has 0 amide bonds. The molecule has 0 atom stereocenters. The van der Waals surface area contributed by atoms with Crippen LogP contribution < -0.4 is 0 Å². The topological polar surface area (TPSA) is 34.1 Å². The van der Waals surface area contributed by atoms with Crippen LogP contribution in [0.5, 0.6) is 0 Å². The first-order valence-electron chi connectivity index (χ1n) is 10.1. The third-order valence-corrected chi connectivity index (χ3v) is 79.0. The molecule has 0 spiro atoms. The van der Waals surface area contributed by atoms with Gasteiger partial charge in [-0.05, 0) is 19.1 Å². The number of benzene rings is 1. The van der Waals surface area contributed by atoms with Crippen LogP contribution in [0.3, 0.4) is 0 Å². The van der Waals surface area contributed by atoms with Gasteiger partial charge in [-0.2, -0.15) is 0 Å². The fourth-order valence-electron chi connectivity index (χ4n) is 5.52. The fourth-order valence-corrected chi connectivity index (χ4v) is 104. The highest BCUT2D eigenvalue weighted by Crippen LogP contribution is 2.40. The first-order valence-corrected chi connectivity index (χ1v) is 27.1. The van der Waals surface area contributed by atoms with Crippen molar-refractivity contribution in [2.75, 3.05) is 0 Å². The highest BCUT2D eigenvalue weighted by Gasteiger charge is 2.60. The van der Waals surface area contributed by atoms with E-state index in [-0.39, 0.29) is 0 Å². The van der Waals surface area contributed by atoms with Crippen LogP contribution in [0.25, 0.3) is 0 Å². The molecule has 0 saturated carbocycles. The summed E-state index contributed by atoms with van der Waals surface area (Å²) >= 11 is 0. The van der Waals surface area contributed by atoms with E-state index in [9.17, 15) is 8.42 Å². The van der Waals surface area contributed by atoms with Crippen LogP contribution in [0.1, 0.15) is 12.0 Å². The van der Waals surface area contributed by atoms with Crippen molar-refractivity contribution in [1.29, 1.82) is 0 Å². The van der Waals surface area contributed by atoms with E-state index in [1.807, 2.05) is 19.1 Å². The molecule has 0 saturated heterocycles. The Morgan fingerprint density at radius 1 is 0.857 bits per heavy atom. The molecule has 0 bridgehead atoms. The van der Waals surface area contributed by atoms with Gasteiger partial charge in [-0.3, -0.25) is 0 Å². The Morgan fingerprint density at radius 3 is 1.57 bits per heavy atom. The maximum Gasteiger partial charge on any atom is 0.202 e. The molecule has 0 heterocycles. The lowest BCUT2D eigenvalue weighted by Gasteiger charge is -2.56. The predicted octanol–water partition coefficient (Wildman–Crippen LogP) is 6.47. The third kappa shape index (κ3) is 4.80. The lowest BCUT2D eigenvalue weighted by molar-refractivity contribution is 0.601. The lowest BCUT2D eigenvalue weighted by atomic mass is 10.2. The normalized spacial score (nSPS) is 14.9. The van der Waals surface area contributed by atoms with Crippen molar-refractivity contribution in [3.05, 3.63) is 53.1 Å². The number of sulfone groups is 1. The number of allylic oxidation sites excluding steroid dienone is 2. The van der Waals surface area contributed by atoms with Crippen LogP contribution in [-0.4, -0.2) is 37.8 Å². The van der Waals surface area contributed by atoms with Crippen LogP contribution >= 0.6 is 0 Å². The van der Waals surface area contributed by atoms with Crippen LogP contribution in [0.4, 0.5) is 0 Å². The van der Waals surface area contributed by atoms with Gasteiger partial charge < -0.3 is 0 Å². The monoisotopic (exact) mass is 468 g/mol. The molecule has 2 nitrogen and oxygen atoms in total. The van der Waals surface area contributed by atoms with Crippen LogP contribution in [0.15, 0.2) is 52.4 Å². The molecule has 0 fully saturated rings. The van der Waals surface area contributed by atoms with E-state index in [1.165, 1.54) is 0 Å². The molecular weight excluding hydrogens is 429 g/mol. The molecule has 7 heteroatoms. The maximum absolute atomic E-state index is 13.6. The zero-order chi connectivity index (χ0) is 22.2. The molecule has 0 N–H and O–H groups in total. The van der Waals surface area contributed by atoms with Crippen LogP contribution in [0, 0.1) is 6.92 Å². The van der Waals surface area contributed by atoms with Crippen molar-refractivity contribution in [3.8, 4) is 0 Å². The van der Waals surface area contributed by atoms with Crippen molar-refractivity contribution >= 4 is 39.2 Å². The highest BCUT2D eigenvalue weighted by molar-refractivity contribution is 7.96. The molecule has 0 aromatic heterocycles. The minimum absolute atomic E-state index is 0.413. The van der Waals surface area contributed by atoms with Crippen molar-refractivity contribution in [1.82, 2.24) is 0 Å². The summed E-state index contributed by atoms with van der Waals surface area (Å²) in [5.74, 6) is 0. The summed E-state index contributed by atoms with van der Waals surface area (Å²) in [4.78, 5) is 1.01. The zero-order valence-electron chi connectivity index (χ0n) is 19.6. The van der Waals surface area contributed by atoms with Crippen LogP contribution in [-0.2, 0) is 9.84 Å². The summed E-state index contributed by atoms with van der Waals surface area (Å²) in [5, 5.41) is 0. The molecule has 1 rings (SSSR count). The molecule has 0 aliphatic rings. The SMILES string of the molecule is C=CC/C(=C/[Si]([Si](C)(C)C)([Si](C)(C)C)[Si](C)(C)C)S(=O)(=O)c1ccc(C)cc1. The number of aryl methyl sites for hydroxylation is 1. The molecule has 0 radical (unpaired) electrons. The van der Waals surface area contributed by atoms with Crippen LogP contribution in [0.2, 0.25) is 58.9 Å². The van der Waals surface area contributed by atoms with E-state index >= 15 is 0 Å². The number of hydrogen-bond acceptors (Lipinski definition) is 2. The van der Waals surface area contributed by atoms with E-state index in [4.69, 9.17) is 0 Å². The average molecular weight is 469 g/mol. The molecule has 0 unspecified atom stereocenters. The molecule has 0 aliphatic carbocycles. The largest absolute Gasteiger partial charge is 0.219 e. The Balaban J connectivity index is 3.94. The average Bonchev–Trinajstić information content (AvgIpc) is 2.47. The van der Waals surface area contributed by atoms with Crippen molar-refractivity contribution in [2.24, 2.45) is 0 Å². The summed E-state index contributed by atoms with van der Waals surface area (Å²) in [6.07, 6.45) is 2.18. The van der Waals surface area contributed by atoms with E-state index in [2.05, 4.69) is 71.2 Å². The summed E-state index contributed by atoms with van der Waals surface area (Å²) in [5.41, 5.74) is 3.46. The van der Waals surface area contributed by atoms with Gasteiger partial charge >= 0.3 is 0 Å². The van der Waals surface area contributed by atoms with Gasteiger partial charge in [0, 0.05) is 34.1 Å². The van der Waals surface area contributed by atoms with E-state index in [0.29, 0.717) is 16.2 Å². The number of rotatable bonds is 8. The highest BCUT2D eigenvalue weighted by atomic mass is 32.2. The Labute approximate surface area is 177 Å². The maximum atomic E-state index is 13.6. The van der Waals surface area contributed by atoms with Crippen molar-refractivity contribution < 1.29 is 8.42 Å². The zero-order valence-corrected chi connectivity index (χ0v) is 24.4. The van der Waals surface area contributed by atoms with Gasteiger partial charge in [0.2, 0.25) is 9.84 Å². The van der Waals surface area contributed by atoms with Gasteiger partial charge in [0.05, 0.1) is 11.5 Å². The number of hydrogen-bond donors (Lipinski definition) is 0. The Hall–Kier alpha value is -0.482. The van der Waals surface area contributed by atoms with Gasteiger partial charge in [-0.25, -0.2) is 8.42 Å². The van der Waals surface area contributed by atoms with Gasteiger partial charge in [-0.15, -0.1) is 6.58 Å². The third-order valence-electron chi connectivity index (χ3n) is 5.95. The van der Waals surface area contributed by atoms with Gasteiger partial charge in [0.25, 0.3) is 0 Å². The first-order chi connectivity index (χ1) is 12.4. The molecule has 1 aromatic carbocycles. The van der Waals surface area contributed by atoms with E-state index < -0.39 is 39.2 Å². The first kappa shape index (κ1) is 25.6. The Kier molecular flexibility index (Phi) is 7.61. The predicted molar refractivity (Wildman–Crippen MR) is 137 cm³/mol. The van der Waals surface area contributed by atoms with Crippen molar-refractivity contribution in [3.63, 3.8) is 0 Å². The minimum Gasteiger partial charge on any atom is -0.219 e. The van der Waals surface area contributed by atoms with Gasteiger partial charge in [0.1, 0.15) is 0 Å². The summed E-state index contributed by atoms with van der Waals surface area (Å²) in [6.45, 7) is 26.3. The lowest BCUT2D eigenvalue weighted by Crippen LogP contribution is -2.82. The molecule has 1 aromatic rings. The Bertz CT molecular complexity index is 798. The molecule has 0 aliphatic heterocycles. The fraction of sp³-hybridized carbons (Fsp3) is 0.524. The van der Waals surface area contributed by atoms with Crippen molar-refractivity contribution in [2.45, 2.75) is 77.2 Å².